The van der Waals surface area contributed by atoms with Crippen LogP contribution in [0.5, 0.6) is 0 Å². The fraction of sp³-hybridized carbons (Fsp3) is 0.500. The van der Waals surface area contributed by atoms with E-state index in [1.165, 1.54) is 6.26 Å². The molecule has 16 heavy (non-hydrogen) atoms. The van der Waals surface area contributed by atoms with Gasteiger partial charge in [0.05, 0.1) is 12.1 Å². The number of carboxylic acid groups (broad SMARTS) is 1. The molecule has 0 aromatic carbocycles. The number of nitrogens with one attached hydrogen (secondary N) is 1. The summed E-state index contributed by atoms with van der Waals surface area (Å²) in [5.41, 5.74) is 0.515. The van der Waals surface area contributed by atoms with Crippen LogP contribution >= 0.6 is 0 Å². The standard InChI is InChI=1S/C10H14N2O4/c1-6(2)9(15)12-10-11-7(5-16-10)3-4-8(13)14/h5-6H,3-4H2,1-2H3,(H,13,14)(H,11,12,15). The second-order valence-corrected chi connectivity index (χ2v) is 3.68. The number of aromatic nitrogens is 1. The molecule has 88 valence electrons. The Hall–Kier alpha value is -1.85. The Labute approximate surface area is 92.7 Å². The highest BCUT2D eigenvalue weighted by molar-refractivity contribution is 5.90. The molecule has 1 aromatic heterocycles. The molecule has 0 spiro atoms. The largest absolute Gasteiger partial charge is 0.481 e. The highest BCUT2D eigenvalue weighted by Gasteiger charge is 2.11. The minimum absolute atomic E-state index is 0.00982. The van der Waals surface area contributed by atoms with E-state index in [9.17, 15) is 9.59 Å². The number of nitrogens with zero attached hydrogens (tertiary/aromatic N) is 1. The third-order valence-corrected chi connectivity index (χ3v) is 1.90. The summed E-state index contributed by atoms with van der Waals surface area (Å²) < 4.78 is 4.98. The van der Waals surface area contributed by atoms with Gasteiger partial charge in [0.25, 0.3) is 0 Å². The molecule has 0 fully saturated rings. The minimum atomic E-state index is -0.893. The number of carbonyl (C=O) groups is 2. The molecular weight excluding hydrogens is 212 g/mol. The average molecular weight is 226 g/mol. The summed E-state index contributed by atoms with van der Waals surface area (Å²) in [6.45, 7) is 3.51. The van der Waals surface area contributed by atoms with Crippen molar-refractivity contribution < 1.29 is 19.1 Å². The first-order valence-electron chi connectivity index (χ1n) is 4.96. The molecule has 1 rings (SSSR count). The maximum absolute atomic E-state index is 11.3. The Kier molecular flexibility index (Phi) is 4.04. The number of carbonyl (C=O) groups excluding carboxylic acids is 1. The van der Waals surface area contributed by atoms with Crippen molar-refractivity contribution in [3.63, 3.8) is 0 Å². The van der Waals surface area contributed by atoms with Gasteiger partial charge in [-0.1, -0.05) is 13.8 Å². The molecule has 6 nitrogen and oxygen atoms in total. The zero-order chi connectivity index (χ0) is 12.1. The van der Waals surface area contributed by atoms with Crippen molar-refractivity contribution in [3.8, 4) is 0 Å². The third-order valence-electron chi connectivity index (χ3n) is 1.90. The van der Waals surface area contributed by atoms with E-state index in [0.29, 0.717) is 5.69 Å². The normalized spacial score (nSPS) is 10.4. The van der Waals surface area contributed by atoms with Crippen LogP contribution in [0.4, 0.5) is 6.01 Å². The Bertz CT molecular complexity index is 384. The quantitative estimate of drug-likeness (QED) is 0.789. The number of amides is 1. The number of anilines is 1. The van der Waals surface area contributed by atoms with Gasteiger partial charge < -0.3 is 9.52 Å². The van der Waals surface area contributed by atoms with E-state index in [1.807, 2.05) is 0 Å². The fourth-order valence-electron chi connectivity index (χ4n) is 0.964. The minimum Gasteiger partial charge on any atom is -0.481 e. The van der Waals surface area contributed by atoms with Crippen LogP contribution in [0.25, 0.3) is 0 Å². The Morgan fingerprint density at radius 1 is 1.56 bits per heavy atom. The van der Waals surface area contributed by atoms with E-state index in [2.05, 4.69) is 10.3 Å². The molecular formula is C10H14N2O4. The molecule has 0 radical (unpaired) electrons. The fourth-order valence-corrected chi connectivity index (χ4v) is 0.964. The lowest BCUT2D eigenvalue weighted by atomic mass is 10.2. The summed E-state index contributed by atoms with van der Waals surface area (Å²) in [6.07, 6.45) is 1.62. The van der Waals surface area contributed by atoms with Gasteiger partial charge in [0.2, 0.25) is 5.91 Å². The van der Waals surface area contributed by atoms with Crippen LogP contribution in [-0.2, 0) is 16.0 Å². The van der Waals surface area contributed by atoms with Crippen LogP contribution in [0.1, 0.15) is 26.0 Å². The third kappa shape index (κ3) is 3.72. The highest BCUT2D eigenvalue weighted by atomic mass is 16.4. The van der Waals surface area contributed by atoms with Crippen molar-refractivity contribution in [1.82, 2.24) is 4.98 Å². The van der Waals surface area contributed by atoms with Crippen LogP contribution in [0.15, 0.2) is 10.7 Å². The molecule has 1 heterocycles. The molecule has 2 N–H and O–H groups in total. The topological polar surface area (TPSA) is 92.4 Å². The van der Waals surface area contributed by atoms with Gasteiger partial charge in [-0.2, -0.15) is 4.98 Å². The van der Waals surface area contributed by atoms with Crippen molar-refractivity contribution in [2.45, 2.75) is 26.7 Å². The van der Waals surface area contributed by atoms with Crippen molar-refractivity contribution in [2.24, 2.45) is 5.92 Å². The lowest BCUT2D eigenvalue weighted by Gasteiger charge is -2.02. The van der Waals surface area contributed by atoms with Gasteiger partial charge in [-0.15, -0.1) is 0 Å². The van der Waals surface area contributed by atoms with Crippen LogP contribution in [0.2, 0.25) is 0 Å². The first-order valence-corrected chi connectivity index (χ1v) is 4.96. The van der Waals surface area contributed by atoms with Crippen LogP contribution in [0.3, 0.4) is 0 Å². The molecule has 0 aliphatic rings. The van der Waals surface area contributed by atoms with E-state index in [4.69, 9.17) is 9.52 Å². The lowest BCUT2D eigenvalue weighted by molar-refractivity contribution is -0.137. The van der Waals surface area contributed by atoms with Crippen molar-refractivity contribution in [1.29, 1.82) is 0 Å². The molecule has 0 aliphatic heterocycles. The smallest absolute Gasteiger partial charge is 0.303 e. The van der Waals surface area contributed by atoms with Gasteiger partial charge in [0.15, 0.2) is 0 Å². The molecule has 6 heteroatoms. The summed E-state index contributed by atoms with van der Waals surface area (Å²) in [5, 5.41) is 11.0. The molecule has 0 bridgehead atoms. The van der Waals surface area contributed by atoms with E-state index >= 15 is 0 Å². The summed E-state index contributed by atoms with van der Waals surface area (Å²) in [6, 6.07) is 0.110. The number of carboxylic acids is 1. The average Bonchev–Trinajstić information content (AvgIpc) is 2.62. The Morgan fingerprint density at radius 3 is 2.81 bits per heavy atom. The summed E-state index contributed by atoms with van der Waals surface area (Å²) in [4.78, 5) is 25.5. The van der Waals surface area contributed by atoms with Crippen molar-refractivity contribution >= 4 is 17.9 Å². The molecule has 1 aromatic rings. The van der Waals surface area contributed by atoms with E-state index in [1.54, 1.807) is 13.8 Å². The van der Waals surface area contributed by atoms with Crippen LogP contribution in [-0.4, -0.2) is 22.0 Å². The Morgan fingerprint density at radius 2 is 2.25 bits per heavy atom. The van der Waals surface area contributed by atoms with Gasteiger partial charge in [0, 0.05) is 12.3 Å². The second-order valence-electron chi connectivity index (χ2n) is 3.68. The SMILES string of the molecule is CC(C)C(=O)Nc1nc(CCC(=O)O)co1. The second kappa shape index (κ2) is 5.29. The molecule has 0 aliphatic carbocycles. The number of aliphatic carboxylic acids is 1. The predicted octanol–water partition coefficient (Wildman–Crippen LogP) is 1.29. The number of oxazole rings is 1. The number of aryl methyl sites for hydroxylation is 1. The summed E-state index contributed by atoms with van der Waals surface area (Å²) >= 11 is 0. The van der Waals surface area contributed by atoms with E-state index < -0.39 is 5.97 Å². The first kappa shape index (κ1) is 12.2. The maximum atomic E-state index is 11.3. The lowest BCUT2D eigenvalue weighted by Crippen LogP contribution is -2.17. The highest BCUT2D eigenvalue weighted by Crippen LogP contribution is 2.10. The van der Waals surface area contributed by atoms with Crippen LogP contribution in [0, 0.1) is 5.92 Å². The van der Waals surface area contributed by atoms with Crippen LogP contribution < -0.4 is 5.32 Å². The summed E-state index contributed by atoms with van der Waals surface area (Å²) in [5.74, 6) is -1.24. The number of rotatable bonds is 5. The Balaban J connectivity index is 2.51. The van der Waals surface area contributed by atoms with Gasteiger partial charge in [-0.3, -0.25) is 14.9 Å². The molecule has 0 saturated heterocycles. The molecule has 0 unspecified atom stereocenters. The number of hydrogen-bond acceptors (Lipinski definition) is 4. The van der Waals surface area contributed by atoms with Crippen molar-refractivity contribution in [2.75, 3.05) is 5.32 Å². The van der Waals surface area contributed by atoms with Crippen molar-refractivity contribution in [3.05, 3.63) is 12.0 Å². The summed E-state index contributed by atoms with van der Waals surface area (Å²) in [7, 11) is 0. The molecule has 1 amide bonds. The van der Waals surface area contributed by atoms with E-state index in [0.717, 1.165) is 0 Å². The van der Waals surface area contributed by atoms with Gasteiger partial charge in [-0.05, 0) is 0 Å². The predicted molar refractivity (Wildman–Crippen MR) is 55.9 cm³/mol. The zero-order valence-corrected chi connectivity index (χ0v) is 9.19. The van der Waals surface area contributed by atoms with Gasteiger partial charge >= 0.3 is 12.0 Å². The monoisotopic (exact) mass is 226 g/mol. The molecule has 0 atom stereocenters. The maximum Gasteiger partial charge on any atom is 0.303 e. The number of hydrogen-bond donors (Lipinski definition) is 2. The zero-order valence-electron chi connectivity index (χ0n) is 9.19. The van der Waals surface area contributed by atoms with Gasteiger partial charge in [0.1, 0.15) is 6.26 Å². The first-order chi connectivity index (χ1) is 7.49. The van der Waals surface area contributed by atoms with E-state index in [-0.39, 0.29) is 30.7 Å². The van der Waals surface area contributed by atoms with Gasteiger partial charge in [-0.25, -0.2) is 0 Å². The molecule has 0 saturated carbocycles.